The van der Waals surface area contributed by atoms with Crippen LogP contribution in [-0.2, 0) is 6.42 Å². The zero-order valence-electron chi connectivity index (χ0n) is 9.84. The van der Waals surface area contributed by atoms with Crippen molar-refractivity contribution < 1.29 is 8.78 Å². The Morgan fingerprint density at radius 1 is 1.00 bits per heavy atom. The molecular weight excluding hydrogens is 380 g/mol. The lowest BCUT2D eigenvalue weighted by atomic mass is 9.99. The van der Waals surface area contributed by atoms with Crippen LogP contribution in [0, 0.1) is 11.6 Å². The minimum absolute atomic E-state index is 0.307. The molecule has 2 aromatic carbocycles. The Morgan fingerprint density at radius 3 is 2.42 bits per heavy atom. The van der Waals surface area contributed by atoms with E-state index in [0.29, 0.717) is 22.0 Å². The fourth-order valence-electron chi connectivity index (χ4n) is 1.84. The van der Waals surface area contributed by atoms with Crippen LogP contribution in [0.1, 0.15) is 17.2 Å². The maximum absolute atomic E-state index is 13.6. The van der Waals surface area contributed by atoms with Gasteiger partial charge in [-0.15, -0.1) is 0 Å². The second-order valence-corrected chi connectivity index (χ2v) is 6.08. The monoisotopic (exact) mass is 389 g/mol. The highest BCUT2D eigenvalue weighted by atomic mass is 79.9. The summed E-state index contributed by atoms with van der Waals surface area (Å²) in [6, 6.07) is 8.70. The number of rotatable bonds is 3. The van der Waals surface area contributed by atoms with Crippen molar-refractivity contribution in [3.63, 3.8) is 0 Å². The summed E-state index contributed by atoms with van der Waals surface area (Å²) in [6.45, 7) is 0. The quantitative estimate of drug-likeness (QED) is 0.805. The summed E-state index contributed by atoms with van der Waals surface area (Å²) in [5, 5.41) is 0. The molecule has 19 heavy (non-hydrogen) atoms. The summed E-state index contributed by atoms with van der Waals surface area (Å²) in [4.78, 5) is 0. The average Bonchev–Trinajstić information content (AvgIpc) is 2.32. The largest absolute Gasteiger partial charge is 0.324 e. The van der Waals surface area contributed by atoms with Crippen LogP contribution in [0.4, 0.5) is 8.78 Å². The summed E-state index contributed by atoms with van der Waals surface area (Å²) in [7, 11) is 0. The van der Waals surface area contributed by atoms with Crippen LogP contribution in [0.2, 0.25) is 0 Å². The summed E-state index contributed by atoms with van der Waals surface area (Å²) in [5.74, 6) is -0.677. The van der Waals surface area contributed by atoms with E-state index in [1.165, 1.54) is 18.2 Å². The lowest BCUT2D eigenvalue weighted by Crippen LogP contribution is -2.14. The van der Waals surface area contributed by atoms with Gasteiger partial charge in [0, 0.05) is 15.0 Å². The molecule has 0 spiro atoms. The van der Waals surface area contributed by atoms with E-state index in [1.54, 1.807) is 18.2 Å². The maximum atomic E-state index is 13.6. The first-order valence-electron chi connectivity index (χ1n) is 5.61. The molecule has 1 nitrogen and oxygen atoms in total. The first-order chi connectivity index (χ1) is 8.95. The van der Waals surface area contributed by atoms with Crippen molar-refractivity contribution in [2.45, 2.75) is 12.5 Å². The minimum atomic E-state index is -0.462. The summed E-state index contributed by atoms with van der Waals surface area (Å²) >= 11 is 6.51. The first kappa shape index (κ1) is 14.6. The molecule has 0 heterocycles. The van der Waals surface area contributed by atoms with Crippen molar-refractivity contribution in [3.05, 3.63) is 68.1 Å². The van der Waals surface area contributed by atoms with Gasteiger partial charge in [0.05, 0.1) is 0 Å². The van der Waals surface area contributed by atoms with Gasteiger partial charge >= 0.3 is 0 Å². The van der Waals surface area contributed by atoms with Crippen LogP contribution < -0.4 is 5.73 Å². The van der Waals surface area contributed by atoms with Gasteiger partial charge in [-0.05, 0) is 53.9 Å². The Labute approximate surface area is 127 Å². The molecule has 0 saturated heterocycles. The number of nitrogens with two attached hydrogens (primary N) is 1. The third kappa shape index (κ3) is 3.84. The van der Waals surface area contributed by atoms with Gasteiger partial charge in [-0.3, -0.25) is 0 Å². The Kier molecular flexibility index (Phi) is 4.71. The highest BCUT2D eigenvalue weighted by molar-refractivity contribution is 9.10. The number of benzene rings is 2. The van der Waals surface area contributed by atoms with Crippen LogP contribution >= 0.6 is 31.9 Å². The van der Waals surface area contributed by atoms with Crippen molar-refractivity contribution in [2.24, 2.45) is 5.73 Å². The topological polar surface area (TPSA) is 26.0 Å². The second-order valence-electron chi connectivity index (χ2n) is 4.25. The molecule has 0 bridgehead atoms. The molecule has 0 fully saturated rings. The highest BCUT2D eigenvalue weighted by Crippen LogP contribution is 2.24. The van der Waals surface area contributed by atoms with E-state index in [-0.39, 0.29) is 11.6 Å². The lowest BCUT2D eigenvalue weighted by Gasteiger charge is -2.13. The third-order valence-electron chi connectivity index (χ3n) is 2.76. The van der Waals surface area contributed by atoms with Gasteiger partial charge in [0.1, 0.15) is 11.6 Å². The smallest absolute Gasteiger partial charge is 0.126 e. The SMILES string of the molecule is NC(Cc1cc(Br)ccc1F)c1cc(F)cc(Br)c1. The van der Waals surface area contributed by atoms with E-state index in [9.17, 15) is 8.78 Å². The lowest BCUT2D eigenvalue weighted by molar-refractivity contribution is 0.588. The van der Waals surface area contributed by atoms with Gasteiger partial charge in [0.25, 0.3) is 0 Å². The van der Waals surface area contributed by atoms with Crippen molar-refractivity contribution in [1.82, 2.24) is 0 Å². The van der Waals surface area contributed by atoms with E-state index in [1.807, 2.05) is 0 Å². The molecule has 2 aromatic rings. The van der Waals surface area contributed by atoms with Crippen LogP contribution in [-0.4, -0.2) is 0 Å². The molecule has 0 aliphatic heterocycles. The normalized spacial score (nSPS) is 12.5. The first-order valence-corrected chi connectivity index (χ1v) is 7.20. The number of hydrogen-bond donors (Lipinski definition) is 1. The summed E-state index contributed by atoms with van der Waals surface area (Å²) in [5.41, 5.74) is 7.15. The molecule has 0 amide bonds. The van der Waals surface area contributed by atoms with Gasteiger partial charge in [-0.25, -0.2) is 8.78 Å². The van der Waals surface area contributed by atoms with Gasteiger partial charge in [0.2, 0.25) is 0 Å². The van der Waals surface area contributed by atoms with E-state index in [2.05, 4.69) is 31.9 Å². The fraction of sp³-hybridized carbons (Fsp3) is 0.143. The predicted molar refractivity (Wildman–Crippen MR) is 78.8 cm³/mol. The molecule has 2 N–H and O–H groups in total. The summed E-state index contributed by atoms with van der Waals surface area (Å²) in [6.07, 6.45) is 0.307. The number of halogens is 4. The standard InChI is InChI=1S/C14H11Br2F2N/c15-10-1-2-13(18)8(3-10)6-14(19)9-4-11(16)7-12(17)5-9/h1-5,7,14H,6,19H2. The molecular formula is C14H11Br2F2N. The molecule has 0 saturated carbocycles. The van der Waals surface area contributed by atoms with Crippen molar-refractivity contribution in [1.29, 1.82) is 0 Å². The Morgan fingerprint density at radius 2 is 1.74 bits per heavy atom. The zero-order chi connectivity index (χ0) is 14.0. The van der Waals surface area contributed by atoms with Gasteiger partial charge < -0.3 is 5.73 Å². The molecule has 1 atom stereocenters. The Hall–Kier alpha value is -0.780. The van der Waals surface area contributed by atoms with Crippen molar-refractivity contribution in [2.75, 3.05) is 0 Å². The Balaban J connectivity index is 2.25. The number of hydrogen-bond acceptors (Lipinski definition) is 1. The van der Waals surface area contributed by atoms with Crippen molar-refractivity contribution in [3.8, 4) is 0 Å². The predicted octanol–water partition coefficient (Wildman–Crippen LogP) is 4.73. The molecule has 0 radical (unpaired) electrons. The van der Waals surface area contributed by atoms with E-state index in [0.717, 1.165) is 4.47 Å². The van der Waals surface area contributed by atoms with E-state index >= 15 is 0 Å². The molecule has 0 aliphatic carbocycles. The molecule has 1 unspecified atom stereocenters. The van der Waals surface area contributed by atoms with Crippen LogP contribution in [0.25, 0.3) is 0 Å². The zero-order valence-corrected chi connectivity index (χ0v) is 13.0. The fourth-order valence-corrected chi connectivity index (χ4v) is 2.74. The minimum Gasteiger partial charge on any atom is -0.324 e. The van der Waals surface area contributed by atoms with Crippen LogP contribution in [0.5, 0.6) is 0 Å². The van der Waals surface area contributed by atoms with Crippen LogP contribution in [0.15, 0.2) is 45.3 Å². The molecule has 100 valence electrons. The van der Waals surface area contributed by atoms with Crippen LogP contribution in [0.3, 0.4) is 0 Å². The molecule has 0 aliphatic rings. The second kappa shape index (κ2) is 6.11. The van der Waals surface area contributed by atoms with E-state index in [4.69, 9.17) is 5.73 Å². The van der Waals surface area contributed by atoms with E-state index < -0.39 is 6.04 Å². The summed E-state index contributed by atoms with van der Waals surface area (Å²) < 4.78 is 28.4. The molecule has 5 heteroatoms. The molecule has 2 rings (SSSR count). The van der Waals surface area contributed by atoms with Gasteiger partial charge in [0.15, 0.2) is 0 Å². The van der Waals surface area contributed by atoms with Gasteiger partial charge in [-0.1, -0.05) is 31.9 Å². The average molecular weight is 391 g/mol. The highest BCUT2D eigenvalue weighted by Gasteiger charge is 2.12. The maximum Gasteiger partial charge on any atom is 0.126 e. The third-order valence-corrected chi connectivity index (χ3v) is 3.71. The van der Waals surface area contributed by atoms with Crippen molar-refractivity contribution >= 4 is 31.9 Å². The molecule has 0 aromatic heterocycles. The Bertz CT molecular complexity index is 582. The van der Waals surface area contributed by atoms with Gasteiger partial charge in [-0.2, -0.15) is 0 Å².